The number of aromatic nitrogens is 2. The Morgan fingerprint density at radius 2 is 1.44 bits per heavy atom. The minimum absolute atomic E-state index is 0.191. The molecule has 2 aromatic carbocycles. The van der Waals surface area contributed by atoms with Crippen molar-refractivity contribution in [1.82, 2.24) is 9.97 Å². The zero-order valence-corrected chi connectivity index (χ0v) is 8.38. The van der Waals surface area contributed by atoms with E-state index in [1.54, 1.807) is 30.3 Å². The first-order chi connectivity index (χ1) is 7.72. The number of phenols is 1. The van der Waals surface area contributed by atoms with Crippen LogP contribution in [0.15, 0.2) is 36.4 Å². The van der Waals surface area contributed by atoms with E-state index in [1.807, 2.05) is 6.07 Å². The van der Waals surface area contributed by atoms with Gasteiger partial charge in [-0.2, -0.15) is 0 Å². The molecule has 0 aliphatic heterocycles. The zero-order valence-electron chi connectivity index (χ0n) is 8.38. The predicted molar refractivity (Wildman–Crippen MR) is 63.1 cm³/mol. The van der Waals surface area contributed by atoms with Gasteiger partial charge in [0.15, 0.2) is 0 Å². The van der Waals surface area contributed by atoms with E-state index in [4.69, 9.17) is 5.73 Å². The maximum atomic E-state index is 9.36. The van der Waals surface area contributed by atoms with Crippen molar-refractivity contribution in [3.63, 3.8) is 0 Å². The van der Waals surface area contributed by atoms with Gasteiger partial charge in [-0.3, -0.25) is 0 Å². The number of rotatable bonds is 0. The molecule has 4 nitrogen and oxygen atoms in total. The van der Waals surface area contributed by atoms with Crippen molar-refractivity contribution in [3.8, 4) is 5.75 Å². The van der Waals surface area contributed by atoms with E-state index >= 15 is 0 Å². The first kappa shape index (κ1) is 8.91. The lowest BCUT2D eigenvalue weighted by atomic mass is 10.2. The van der Waals surface area contributed by atoms with E-state index in [0.29, 0.717) is 11.2 Å². The van der Waals surface area contributed by atoms with Crippen LogP contribution in [-0.2, 0) is 0 Å². The van der Waals surface area contributed by atoms with Gasteiger partial charge in [-0.25, -0.2) is 9.97 Å². The van der Waals surface area contributed by atoms with Crippen LogP contribution in [-0.4, -0.2) is 15.1 Å². The molecule has 0 aliphatic carbocycles. The molecule has 78 valence electrons. The van der Waals surface area contributed by atoms with Crippen molar-refractivity contribution in [3.05, 3.63) is 36.4 Å². The highest BCUT2D eigenvalue weighted by Crippen LogP contribution is 2.21. The predicted octanol–water partition coefficient (Wildman–Crippen LogP) is 2.07. The van der Waals surface area contributed by atoms with Crippen LogP contribution >= 0.6 is 0 Å². The van der Waals surface area contributed by atoms with Crippen LogP contribution in [0.1, 0.15) is 0 Å². The van der Waals surface area contributed by atoms with Crippen LogP contribution in [0.4, 0.5) is 5.69 Å². The number of aromatic hydroxyl groups is 1. The topological polar surface area (TPSA) is 72.0 Å². The van der Waals surface area contributed by atoms with E-state index in [2.05, 4.69) is 9.97 Å². The minimum Gasteiger partial charge on any atom is -0.508 e. The number of hydrogen-bond acceptors (Lipinski definition) is 4. The number of nitrogens with zero attached hydrogens (tertiary/aromatic N) is 2. The van der Waals surface area contributed by atoms with Gasteiger partial charge in [-0.1, -0.05) is 0 Å². The highest BCUT2D eigenvalue weighted by Gasteiger charge is 2.02. The van der Waals surface area contributed by atoms with Crippen molar-refractivity contribution in [2.45, 2.75) is 0 Å². The summed E-state index contributed by atoms with van der Waals surface area (Å²) in [6.45, 7) is 0. The third kappa shape index (κ3) is 1.32. The molecule has 3 rings (SSSR count). The van der Waals surface area contributed by atoms with E-state index in [1.165, 1.54) is 0 Å². The Hall–Kier alpha value is -2.36. The van der Waals surface area contributed by atoms with Crippen LogP contribution in [0, 0.1) is 0 Å². The molecule has 0 saturated carbocycles. The summed E-state index contributed by atoms with van der Waals surface area (Å²) >= 11 is 0. The van der Waals surface area contributed by atoms with Gasteiger partial charge < -0.3 is 10.8 Å². The molecule has 16 heavy (non-hydrogen) atoms. The number of benzene rings is 2. The van der Waals surface area contributed by atoms with Crippen molar-refractivity contribution in [2.24, 2.45) is 0 Å². The highest BCUT2D eigenvalue weighted by molar-refractivity contribution is 5.88. The second-order valence-corrected chi connectivity index (χ2v) is 3.64. The van der Waals surface area contributed by atoms with Crippen LogP contribution in [0.2, 0.25) is 0 Å². The van der Waals surface area contributed by atoms with Crippen molar-refractivity contribution in [2.75, 3.05) is 5.73 Å². The molecule has 0 spiro atoms. The molecule has 0 amide bonds. The summed E-state index contributed by atoms with van der Waals surface area (Å²) in [7, 11) is 0. The molecule has 0 radical (unpaired) electrons. The zero-order chi connectivity index (χ0) is 11.1. The smallest absolute Gasteiger partial charge is 0.117 e. The van der Waals surface area contributed by atoms with Gasteiger partial charge in [0.05, 0.1) is 22.1 Å². The van der Waals surface area contributed by atoms with Crippen molar-refractivity contribution in [1.29, 1.82) is 0 Å². The van der Waals surface area contributed by atoms with Crippen molar-refractivity contribution < 1.29 is 5.11 Å². The van der Waals surface area contributed by atoms with Crippen LogP contribution in [0.5, 0.6) is 5.75 Å². The number of phenolic OH excluding ortho intramolecular Hbond substituents is 1. The van der Waals surface area contributed by atoms with Gasteiger partial charge in [0.2, 0.25) is 0 Å². The molecule has 0 fully saturated rings. The molecule has 1 aromatic heterocycles. The fraction of sp³-hybridized carbons (Fsp3) is 0. The molecular formula is C12H9N3O. The summed E-state index contributed by atoms with van der Waals surface area (Å²) < 4.78 is 0. The Balaban J connectivity index is 2.44. The Morgan fingerprint density at radius 1 is 0.812 bits per heavy atom. The maximum absolute atomic E-state index is 9.36. The molecule has 3 aromatic rings. The van der Waals surface area contributed by atoms with Crippen molar-refractivity contribution >= 4 is 27.8 Å². The summed E-state index contributed by atoms with van der Waals surface area (Å²) in [4.78, 5) is 8.83. The first-order valence-corrected chi connectivity index (χ1v) is 4.88. The van der Waals surface area contributed by atoms with Gasteiger partial charge in [0.25, 0.3) is 0 Å². The highest BCUT2D eigenvalue weighted by atomic mass is 16.3. The van der Waals surface area contributed by atoms with Gasteiger partial charge in [-0.15, -0.1) is 0 Å². The average Bonchev–Trinajstić information content (AvgIpc) is 2.26. The van der Waals surface area contributed by atoms with E-state index < -0.39 is 0 Å². The van der Waals surface area contributed by atoms with E-state index in [-0.39, 0.29) is 5.75 Å². The summed E-state index contributed by atoms with van der Waals surface area (Å²) in [5.74, 6) is 0.191. The second kappa shape index (κ2) is 3.06. The Labute approximate surface area is 91.4 Å². The van der Waals surface area contributed by atoms with Crippen LogP contribution < -0.4 is 5.73 Å². The molecule has 4 heteroatoms. The third-order valence-corrected chi connectivity index (χ3v) is 2.44. The number of nitrogens with two attached hydrogens (primary N) is 1. The monoisotopic (exact) mass is 211 g/mol. The van der Waals surface area contributed by atoms with E-state index in [0.717, 1.165) is 16.6 Å². The minimum atomic E-state index is 0.191. The standard InChI is InChI=1S/C12H9N3O/c13-7-1-3-9-11(5-7)14-10-4-2-8(16)6-12(10)15-9/h1-6,16H,13H2. The Bertz CT molecular complexity index is 633. The normalized spacial score (nSPS) is 11.0. The van der Waals surface area contributed by atoms with Gasteiger partial charge in [-0.05, 0) is 30.3 Å². The fourth-order valence-electron chi connectivity index (χ4n) is 1.68. The number of anilines is 1. The van der Waals surface area contributed by atoms with Crippen LogP contribution in [0.25, 0.3) is 22.1 Å². The summed E-state index contributed by atoms with van der Waals surface area (Å²) in [6.07, 6.45) is 0. The SMILES string of the molecule is Nc1ccc2nc3cc(O)ccc3nc2c1. The molecule has 0 bridgehead atoms. The Kier molecular flexibility index (Phi) is 1.71. The quantitative estimate of drug-likeness (QED) is 0.441. The lowest BCUT2D eigenvalue weighted by molar-refractivity contribution is 0.476. The molecule has 0 saturated heterocycles. The summed E-state index contributed by atoms with van der Waals surface area (Å²) in [6, 6.07) is 10.3. The summed E-state index contributed by atoms with van der Waals surface area (Å²) in [5, 5.41) is 9.36. The van der Waals surface area contributed by atoms with Gasteiger partial charge in [0.1, 0.15) is 5.75 Å². The fourth-order valence-corrected chi connectivity index (χ4v) is 1.68. The molecular weight excluding hydrogens is 202 g/mol. The number of hydrogen-bond donors (Lipinski definition) is 2. The third-order valence-electron chi connectivity index (χ3n) is 2.44. The largest absolute Gasteiger partial charge is 0.508 e. The van der Waals surface area contributed by atoms with E-state index in [9.17, 15) is 5.11 Å². The summed E-state index contributed by atoms with van der Waals surface area (Å²) in [5.41, 5.74) is 9.31. The average molecular weight is 211 g/mol. The molecule has 0 unspecified atom stereocenters. The molecule has 0 atom stereocenters. The molecule has 3 N–H and O–H groups in total. The Morgan fingerprint density at radius 3 is 2.19 bits per heavy atom. The number of fused-ring (bicyclic) bond motifs is 2. The van der Waals surface area contributed by atoms with Gasteiger partial charge in [0, 0.05) is 11.8 Å². The molecule has 1 heterocycles. The van der Waals surface area contributed by atoms with Gasteiger partial charge >= 0.3 is 0 Å². The first-order valence-electron chi connectivity index (χ1n) is 4.88. The lowest BCUT2D eigenvalue weighted by Gasteiger charge is -2.02. The maximum Gasteiger partial charge on any atom is 0.117 e. The molecule has 0 aliphatic rings. The van der Waals surface area contributed by atoms with Crippen LogP contribution in [0.3, 0.4) is 0 Å². The second-order valence-electron chi connectivity index (χ2n) is 3.64. The lowest BCUT2D eigenvalue weighted by Crippen LogP contribution is -1.89. The number of nitrogen functional groups attached to an aromatic ring is 1.